The lowest BCUT2D eigenvalue weighted by molar-refractivity contribution is 0.119. The van der Waals surface area contributed by atoms with Crippen LogP contribution in [0.1, 0.15) is 35.2 Å². The van der Waals surface area contributed by atoms with E-state index >= 15 is 0 Å². The first kappa shape index (κ1) is 22.4. The highest BCUT2D eigenvalue weighted by molar-refractivity contribution is 7.09. The van der Waals surface area contributed by atoms with E-state index in [0.717, 1.165) is 36.9 Å². The van der Waals surface area contributed by atoms with Crippen LogP contribution in [0.15, 0.2) is 35.7 Å². The number of hydrogen-bond donors (Lipinski definition) is 1. The van der Waals surface area contributed by atoms with E-state index in [0.29, 0.717) is 11.8 Å². The van der Waals surface area contributed by atoms with Crippen LogP contribution in [0, 0.1) is 5.92 Å². The summed E-state index contributed by atoms with van der Waals surface area (Å²) in [5.74, 6) is 1.05. The molecular formula is C18H27Cl2N3OS. The molecule has 1 aromatic heterocycles. The first-order valence-electron chi connectivity index (χ1n) is 8.15. The zero-order chi connectivity index (χ0) is 16.2. The van der Waals surface area contributed by atoms with Crippen LogP contribution < -0.4 is 5.73 Å². The molecule has 1 saturated heterocycles. The highest BCUT2D eigenvalue weighted by atomic mass is 35.5. The summed E-state index contributed by atoms with van der Waals surface area (Å²) in [6.45, 7) is 5.77. The molecule has 0 saturated carbocycles. The molecule has 25 heavy (non-hydrogen) atoms. The topological polar surface area (TPSA) is 51.4 Å². The van der Waals surface area contributed by atoms with Crippen molar-refractivity contribution in [2.45, 2.75) is 25.5 Å². The third-order valence-electron chi connectivity index (χ3n) is 4.70. The monoisotopic (exact) mass is 403 g/mol. The highest BCUT2D eigenvalue weighted by Gasteiger charge is 2.33. The van der Waals surface area contributed by atoms with Crippen LogP contribution in [-0.4, -0.2) is 36.6 Å². The second-order valence-electron chi connectivity index (χ2n) is 6.26. The average Bonchev–Trinajstić information content (AvgIpc) is 3.22. The lowest BCUT2D eigenvalue weighted by Gasteiger charge is -2.16. The van der Waals surface area contributed by atoms with E-state index in [1.165, 1.54) is 5.56 Å². The number of hydrogen-bond acceptors (Lipinski definition) is 5. The summed E-state index contributed by atoms with van der Waals surface area (Å²) in [4.78, 5) is 7.19. The van der Waals surface area contributed by atoms with Gasteiger partial charge >= 0.3 is 0 Å². The Bertz CT molecular complexity index is 626. The maximum Gasteiger partial charge on any atom is 0.122 e. The molecule has 1 aliphatic heterocycles. The Morgan fingerprint density at radius 2 is 2.00 bits per heavy atom. The molecule has 140 valence electrons. The number of methoxy groups -OCH3 is 1. The Kier molecular flexibility index (Phi) is 9.35. The lowest BCUT2D eigenvalue weighted by Crippen LogP contribution is -2.23. The van der Waals surface area contributed by atoms with Gasteiger partial charge in [0.25, 0.3) is 0 Å². The molecule has 0 radical (unpaired) electrons. The molecule has 3 rings (SSSR count). The summed E-state index contributed by atoms with van der Waals surface area (Å²) >= 11 is 1.68. The van der Waals surface area contributed by atoms with Crippen molar-refractivity contribution in [2.24, 2.45) is 11.7 Å². The number of halogens is 2. The van der Waals surface area contributed by atoms with Gasteiger partial charge in [0, 0.05) is 38.0 Å². The smallest absolute Gasteiger partial charge is 0.122 e. The third-order valence-corrected chi connectivity index (χ3v) is 5.76. The Hall–Kier alpha value is -0.690. The fraction of sp³-hybridized carbons (Fsp3) is 0.500. The van der Waals surface area contributed by atoms with Gasteiger partial charge in [0.05, 0.1) is 5.69 Å². The van der Waals surface area contributed by atoms with Crippen molar-refractivity contribution < 1.29 is 4.74 Å². The second-order valence-corrected chi connectivity index (χ2v) is 7.15. The van der Waals surface area contributed by atoms with Crippen molar-refractivity contribution in [3.63, 3.8) is 0 Å². The van der Waals surface area contributed by atoms with Crippen LogP contribution in [0.2, 0.25) is 0 Å². The van der Waals surface area contributed by atoms with Crippen molar-refractivity contribution >= 4 is 36.2 Å². The van der Waals surface area contributed by atoms with Crippen molar-refractivity contribution in [1.29, 1.82) is 0 Å². The van der Waals surface area contributed by atoms with E-state index in [1.807, 2.05) is 6.92 Å². The van der Waals surface area contributed by atoms with Gasteiger partial charge in [-0.05, 0) is 24.9 Å². The van der Waals surface area contributed by atoms with Crippen LogP contribution in [-0.2, 0) is 11.3 Å². The molecule has 1 fully saturated rings. The largest absolute Gasteiger partial charge is 0.375 e. The fourth-order valence-corrected chi connectivity index (χ4v) is 4.16. The van der Waals surface area contributed by atoms with Crippen LogP contribution in [0.4, 0.5) is 0 Å². The number of rotatable bonds is 6. The molecule has 1 aromatic carbocycles. The zero-order valence-electron chi connectivity index (χ0n) is 14.6. The molecule has 2 aromatic rings. The number of likely N-dealkylation sites (tertiary alicyclic amines) is 1. The summed E-state index contributed by atoms with van der Waals surface area (Å²) in [7, 11) is 1.72. The molecule has 3 atom stereocenters. The molecule has 0 aliphatic carbocycles. The minimum atomic E-state index is 0. The maximum atomic E-state index is 6.02. The number of benzene rings is 1. The van der Waals surface area contributed by atoms with Gasteiger partial charge in [0.15, 0.2) is 0 Å². The second kappa shape index (κ2) is 10.5. The quantitative estimate of drug-likeness (QED) is 0.794. The van der Waals surface area contributed by atoms with E-state index in [4.69, 9.17) is 15.5 Å². The summed E-state index contributed by atoms with van der Waals surface area (Å²) in [5, 5.41) is 3.20. The van der Waals surface area contributed by atoms with Crippen LogP contribution in [0.3, 0.4) is 0 Å². The molecule has 4 nitrogen and oxygen atoms in total. The van der Waals surface area contributed by atoms with E-state index < -0.39 is 0 Å². The number of nitrogens with zero attached hydrogens (tertiary/aromatic N) is 2. The summed E-state index contributed by atoms with van der Waals surface area (Å²) in [6.07, 6.45) is 0.0705. The number of ether oxygens (including phenoxy) is 1. The van der Waals surface area contributed by atoms with E-state index in [-0.39, 0.29) is 30.9 Å². The van der Waals surface area contributed by atoms with Gasteiger partial charge in [-0.2, -0.15) is 0 Å². The fourth-order valence-electron chi connectivity index (χ4n) is 3.32. The Morgan fingerprint density at radius 1 is 1.28 bits per heavy atom. The van der Waals surface area contributed by atoms with Gasteiger partial charge < -0.3 is 10.5 Å². The lowest BCUT2D eigenvalue weighted by atomic mass is 9.89. The Morgan fingerprint density at radius 3 is 2.64 bits per heavy atom. The zero-order valence-corrected chi connectivity index (χ0v) is 17.1. The van der Waals surface area contributed by atoms with Crippen LogP contribution in [0.25, 0.3) is 0 Å². The molecule has 7 heteroatoms. The highest BCUT2D eigenvalue weighted by Crippen LogP contribution is 2.33. The predicted octanol–water partition coefficient (Wildman–Crippen LogP) is 3.87. The number of nitrogens with two attached hydrogens (primary N) is 1. The summed E-state index contributed by atoms with van der Waals surface area (Å²) < 4.78 is 5.35. The predicted molar refractivity (Wildman–Crippen MR) is 109 cm³/mol. The van der Waals surface area contributed by atoms with Crippen LogP contribution >= 0.6 is 36.2 Å². The van der Waals surface area contributed by atoms with Gasteiger partial charge in [-0.25, -0.2) is 4.98 Å². The first-order valence-corrected chi connectivity index (χ1v) is 9.03. The van der Waals surface area contributed by atoms with Crippen molar-refractivity contribution in [3.05, 3.63) is 52.0 Å². The van der Waals surface area contributed by atoms with Gasteiger partial charge in [0.1, 0.15) is 11.1 Å². The first-order chi connectivity index (χ1) is 11.2. The number of thiazole rings is 1. The third kappa shape index (κ3) is 5.39. The standard InChI is InChI=1S/C18H25N3OS.2ClH/c1-13(22-2)18-20-16(12-23-18)10-21-9-15(8-19)17(11-21)14-6-4-3-5-7-14;;/h3-7,12-13,15,17H,8-11,19H2,1-2H3;2*1H/t13?,15-,17+;;/m1../s1. The van der Waals surface area contributed by atoms with Crippen LogP contribution in [0.5, 0.6) is 0 Å². The van der Waals surface area contributed by atoms with E-state index in [2.05, 4.69) is 40.6 Å². The van der Waals surface area contributed by atoms with Gasteiger partial charge in [0.2, 0.25) is 0 Å². The van der Waals surface area contributed by atoms with Crippen molar-refractivity contribution in [2.75, 3.05) is 26.7 Å². The molecule has 1 unspecified atom stereocenters. The molecule has 2 N–H and O–H groups in total. The van der Waals surface area contributed by atoms with Gasteiger partial charge in [-0.15, -0.1) is 36.2 Å². The SMILES string of the molecule is COC(C)c1nc(CN2C[C@@H](CN)[C@H](c3ccccc3)C2)cs1.Cl.Cl. The minimum Gasteiger partial charge on any atom is -0.375 e. The summed E-state index contributed by atoms with van der Waals surface area (Å²) in [5.41, 5.74) is 8.56. The van der Waals surface area contributed by atoms with Gasteiger partial charge in [-0.1, -0.05) is 30.3 Å². The van der Waals surface area contributed by atoms with E-state index in [1.54, 1.807) is 18.4 Å². The molecule has 0 spiro atoms. The molecular weight excluding hydrogens is 377 g/mol. The molecule has 2 heterocycles. The average molecular weight is 404 g/mol. The molecule has 1 aliphatic rings. The van der Waals surface area contributed by atoms with Gasteiger partial charge in [-0.3, -0.25) is 4.90 Å². The molecule has 0 bridgehead atoms. The Labute approximate surface area is 166 Å². The molecule has 0 amide bonds. The van der Waals surface area contributed by atoms with Crippen molar-refractivity contribution in [1.82, 2.24) is 9.88 Å². The summed E-state index contributed by atoms with van der Waals surface area (Å²) in [6, 6.07) is 10.7. The van der Waals surface area contributed by atoms with Crippen molar-refractivity contribution in [3.8, 4) is 0 Å². The Balaban J connectivity index is 0.00000156. The number of aromatic nitrogens is 1. The normalized spacial score (nSPS) is 21.4. The maximum absolute atomic E-state index is 6.02. The minimum absolute atomic E-state index is 0. The van der Waals surface area contributed by atoms with E-state index in [9.17, 15) is 0 Å².